The molecule has 0 radical (unpaired) electrons. The average Bonchev–Trinajstić information content (AvgIpc) is 2.38. The number of aliphatic hydroxyl groups excluding tert-OH is 1. The molecule has 1 N–H and O–H groups in total. The molecule has 5 rings (SSSR count). The molecule has 0 heterocycles. The number of aliphatic hydroxyl groups is 1. The van der Waals surface area contributed by atoms with E-state index < -0.39 is 0 Å². The van der Waals surface area contributed by atoms with Gasteiger partial charge < -0.3 is 5.11 Å². The number of rotatable bonds is 3. The van der Waals surface area contributed by atoms with Crippen LogP contribution in [0.3, 0.4) is 0 Å². The van der Waals surface area contributed by atoms with Gasteiger partial charge in [-0.15, -0.1) is 0 Å². The van der Waals surface area contributed by atoms with Gasteiger partial charge in [0.05, 0.1) is 6.10 Å². The molecule has 0 amide bonds. The van der Waals surface area contributed by atoms with Gasteiger partial charge >= 0.3 is 0 Å². The van der Waals surface area contributed by atoms with Crippen molar-refractivity contribution in [1.29, 1.82) is 0 Å². The van der Waals surface area contributed by atoms with Crippen LogP contribution in [0.15, 0.2) is 30.3 Å². The Labute approximate surface area is 116 Å². The predicted octanol–water partition coefficient (Wildman–Crippen LogP) is 3.66. The molecule has 0 saturated heterocycles. The average molecular weight is 256 g/mol. The van der Waals surface area contributed by atoms with E-state index in [1.807, 2.05) is 0 Å². The Morgan fingerprint density at radius 1 is 0.895 bits per heavy atom. The van der Waals surface area contributed by atoms with Gasteiger partial charge in [0.1, 0.15) is 0 Å². The number of hydrogen-bond acceptors (Lipinski definition) is 1. The molecular weight excluding hydrogens is 232 g/mol. The lowest BCUT2D eigenvalue weighted by Crippen LogP contribution is -2.49. The third kappa shape index (κ3) is 2.12. The second kappa shape index (κ2) is 4.63. The molecule has 0 aromatic heterocycles. The van der Waals surface area contributed by atoms with Crippen molar-refractivity contribution in [2.24, 2.45) is 29.6 Å². The minimum atomic E-state index is -0.114. The molecule has 1 atom stereocenters. The lowest BCUT2D eigenvalue weighted by Gasteiger charge is -2.55. The summed E-state index contributed by atoms with van der Waals surface area (Å²) in [5.41, 5.74) is 1.30. The second-order valence-electron chi connectivity index (χ2n) is 7.27. The maximum Gasteiger partial charge on any atom is 0.0614 e. The van der Waals surface area contributed by atoms with E-state index in [9.17, 15) is 5.11 Å². The van der Waals surface area contributed by atoms with E-state index in [1.54, 1.807) is 0 Å². The molecule has 4 aliphatic carbocycles. The fourth-order valence-corrected chi connectivity index (χ4v) is 5.59. The molecule has 4 fully saturated rings. The van der Waals surface area contributed by atoms with Crippen LogP contribution in [0, 0.1) is 29.6 Å². The fourth-order valence-electron chi connectivity index (χ4n) is 5.59. The van der Waals surface area contributed by atoms with Crippen LogP contribution in [-0.2, 0) is 6.42 Å². The van der Waals surface area contributed by atoms with E-state index in [1.165, 1.54) is 37.7 Å². The molecule has 0 spiro atoms. The quantitative estimate of drug-likeness (QED) is 0.875. The Morgan fingerprint density at radius 3 is 2.05 bits per heavy atom. The van der Waals surface area contributed by atoms with E-state index in [2.05, 4.69) is 30.3 Å². The van der Waals surface area contributed by atoms with Crippen molar-refractivity contribution in [3.8, 4) is 0 Å². The maximum absolute atomic E-state index is 10.7. The fraction of sp³-hybridized carbons (Fsp3) is 0.667. The molecule has 1 aromatic rings. The van der Waals surface area contributed by atoms with Gasteiger partial charge in [-0.1, -0.05) is 30.3 Å². The van der Waals surface area contributed by atoms with Crippen molar-refractivity contribution in [3.63, 3.8) is 0 Å². The summed E-state index contributed by atoms with van der Waals surface area (Å²) < 4.78 is 0. The summed E-state index contributed by atoms with van der Waals surface area (Å²) in [6.07, 6.45) is 7.86. The van der Waals surface area contributed by atoms with Gasteiger partial charge in [0.25, 0.3) is 0 Å². The molecule has 1 nitrogen and oxygen atoms in total. The first-order valence-electron chi connectivity index (χ1n) is 8.01. The monoisotopic (exact) mass is 256 g/mol. The summed E-state index contributed by atoms with van der Waals surface area (Å²) in [5, 5.41) is 10.7. The Balaban J connectivity index is 1.50. The highest BCUT2D eigenvalue weighted by Gasteiger charge is 2.50. The van der Waals surface area contributed by atoms with Crippen molar-refractivity contribution in [2.75, 3.05) is 0 Å². The van der Waals surface area contributed by atoms with Crippen LogP contribution in [-0.4, -0.2) is 11.2 Å². The highest BCUT2D eigenvalue weighted by atomic mass is 16.3. The summed E-state index contributed by atoms with van der Waals surface area (Å²) in [4.78, 5) is 0. The van der Waals surface area contributed by atoms with Gasteiger partial charge in [0.2, 0.25) is 0 Å². The molecule has 0 aliphatic heterocycles. The molecule has 1 aromatic carbocycles. The molecule has 4 aliphatic rings. The third-order valence-corrected chi connectivity index (χ3v) is 6.03. The van der Waals surface area contributed by atoms with Crippen LogP contribution in [0.4, 0.5) is 0 Å². The first-order chi connectivity index (χ1) is 9.29. The molecule has 4 saturated carbocycles. The van der Waals surface area contributed by atoms with E-state index in [-0.39, 0.29) is 6.10 Å². The maximum atomic E-state index is 10.7. The first-order valence-corrected chi connectivity index (χ1v) is 8.01. The largest absolute Gasteiger partial charge is 0.392 e. The Kier molecular flexibility index (Phi) is 2.91. The van der Waals surface area contributed by atoms with E-state index >= 15 is 0 Å². The Morgan fingerprint density at radius 2 is 1.47 bits per heavy atom. The Bertz CT molecular complexity index is 410. The highest BCUT2D eigenvalue weighted by molar-refractivity contribution is 5.16. The normalized spacial score (nSPS) is 41.4. The minimum Gasteiger partial charge on any atom is -0.392 e. The second-order valence-corrected chi connectivity index (χ2v) is 7.27. The van der Waals surface area contributed by atoms with Crippen LogP contribution >= 0.6 is 0 Å². The molecule has 1 unspecified atom stereocenters. The molecule has 4 bridgehead atoms. The van der Waals surface area contributed by atoms with Gasteiger partial charge in [-0.3, -0.25) is 0 Å². The lowest BCUT2D eigenvalue weighted by atomic mass is 9.50. The standard InChI is InChI=1S/C18H24O/c19-17(11-12-4-2-1-3-5-12)18-15-7-13-6-14(9-15)10-16(18)8-13/h1-5,13-19H,6-11H2. The molecule has 1 heteroatoms. The lowest BCUT2D eigenvalue weighted by molar-refractivity contribution is -0.0887. The molecule has 102 valence electrons. The van der Waals surface area contributed by atoms with Crippen LogP contribution in [0.1, 0.15) is 37.7 Å². The topological polar surface area (TPSA) is 20.2 Å². The smallest absolute Gasteiger partial charge is 0.0614 e. The van der Waals surface area contributed by atoms with E-state index in [0.29, 0.717) is 5.92 Å². The van der Waals surface area contributed by atoms with Crippen LogP contribution in [0.2, 0.25) is 0 Å². The van der Waals surface area contributed by atoms with E-state index in [0.717, 1.165) is 30.1 Å². The van der Waals surface area contributed by atoms with Gasteiger partial charge in [-0.2, -0.15) is 0 Å². The van der Waals surface area contributed by atoms with Gasteiger partial charge in [-0.05, 0) is 73.7 Å². The van der Waals surface area contributed by atoms with Crippen molar-refractivity contribution >= 4 is 0 Å². The van der Waals surface area contributed by atoms with Gasteiger partial charge in [0.15, 0.2) is 0 Å². The van der Waals surface area contributed by atoms with Crippen LogP contribution in [0.25, 0.3) is 0 Å². The zero-order valence-electron chi connectivity index (χ0n) is 11.5. The number of benzene rings is 1. The van der Waals surface area contributed by atoms with Gasteiger partial charge in [0, 0.05) is 0 Å². The number of hydrogen-bond donors (Lipinski definition) is 1. The zero-order chi connectivity index (χ0) is 12.8. The van der Waals surface area contributed by atoms with Crippen molar-refractivity contribution in [3.05, 3.63) is 35.9 Å². The Hall–Kier alpha value is -0.820. The molecular formula is C18H24O. The van der Waals surface area contributed by atoms with Crippen molar-refractivity contribution in [1.82, 2.24) is 0 Å². The summed E-state index contributed by atoms with van der Waals surface area (Å²) in [5.74, 6) is 4.25. The van der Waals surface area contributed by atoms with Gasteiger partial charge in [-0.25, -0.2) is 0 Å². The van der Waals surface area contributed by atoms with Crippen LogP contribution in [0.5, 0.6) is 0 Å². The van der Waals surface area contributed by atoms with Crippen molar-refractivity contribution < 1.29 is 5.11 Å². The van der Waals surface area contributed by atoms with Crippen LogP contribution < -0.4 is 0 Å². The highest BCUT2D eigenvalue weighted by Crippen LogP contribution is 2.57. The summed E-state index contributed by atoms with van der Waals surface area (Å²) in [6, 6.07) is 10.5. The summed E-state index contributed by atoms with van der Waals surface area (Å²) in [7, 11) is 0. The summed E-state index contributed by atoms with van der Waals surface area (Å²) >= 11 is 0. The SMILES string of the molecule is OC(Cc1ccccc1)C1C2CC3CC(C2)CC1C3. The van der Waals surface area contributed by atoms with Crippen molar-refractivity contribution in [2.45, 2.75) is 44.6 Å². The zero-order valence-corrected chi connectivity index (χ0v) is 11.5. The minimum absolute atomic E-state index is 0.114. The first kappa shape index (κ1) is 12.0. The van der Waals surface area contributed by atoms with E-state index in [4.69, 9.17) is 0 Å². The molecule has 19 heavy (non-hydrogen) atoms. The predicted molar refractivity (Wildman–Crippen MR) is 76.7 cm³/mol. The summed E-state index contributed by atoms with van der Waals surface area (Å²) in [6.45, 7) is 0. The third-order valence-electron chi connectivity index (χ3n) is 6.03.